The number of carbonyl (C=O) groups is 1. The molecule has 2 aromatic heterocycles. The van der Waals surface area contributed by atoms with Crippen molar-refractivity contribution in [3.8, 4) is 22.6 Å². The number of nitrogens with zero attached hydrogens (tertiary/aromatic N) is 1. The highest BCUT2D eigenvalue weighted by molar-refractivity contribution is 7.90. The van der Waals surface area contributed by atoms with E-state index in [0.29, 0.717) is 45.8 Å². The molecule has 1 amide bonds. The summed E-state index contributed by atoms with van der Waals surface area (Å²) < 4.78 is 32.5. The standard InChI is InChI=1S/C29H26N4O6S/c1-33-17-25(23-12-13-30-27(23)28(33)34)24-15-22(40(2,37)38)10-11-26(24)39-21-5-3-4-20(14-21)31-16-18-6-8-19(9-7-18)32-29(35)36/h3-15,17,30-32H,16H2,1-2H3,(H,35,36). The Kier molecular flexibility index (Phi) is 7.05. The number of amides is 1. The molecule has 5 aromatic rings. The highest BCUT2D eigenvalue weighted by Gasteiger charge is 2.18. The second-order valence-electron chi connectivity index (χ2n) is 9.27. The van der Waals surface area contributed by atoms with Crippen molar-refractivity contribution in [1.82, 2.24) is 9.55 Å². The van der Waals surface area contributed by atoms with Crippen molar-refractivity contribution in [2.75, 3.05) is 16.9 Å². The van der Waals surface area contributed by atoms with Gasteiger partial charge in [-0.05, 0) is 54.1 Å². The van der Waals surface area contributed by atoms with E-state index >= 15 is 0 Å². The number of rotatable bonds is 8. The van der Waals surface area contributed by atoms with Gasteiger partial charge in [-0.15, -0.1) is 0 Å². The molecule has 0 aliphatic heterocycles. The van der Waals surface area contributed by atoms with Crippen molar-refractivity contribution in [2.45, 2.75) is 11.4 Å². The number of anilines is 2. The van der Waals surface area contributed by atoms with Crippen LogP contribution in [-0.2, 0) is 23.4 Å². The minimum absolute atomic E-state index is 0.132. The average molecular weight is 559 g/mol. The summed E-state index contributed by atoms with van der Waals surface area (Å²) in [7, 11) is -1.87. The van der Waals surface area contributed by atoms with Gasteiger partial charge in [0.05, 0.1) is 4.90 Å². The van der Waals surface area contributed by atoms with Crippen LogP contribution < -0.4 is 20.9 Å². The highest BCUT2D eigenvalue weighted by atomic mass is 32.2. The first-order valence-electron chi connectivity index (χ1n) is 12.2. The van der Waals surface area contributed by atoms with Crippen molar-refractivity contribution in [3.05, 3.63) is 101 Å². The fraction of sp³-hybridized carbons (Fsp3) is 0.103. The van der Waals surface area contributed by atoms with Crippen LogP contribution >= 0.6 is 0 Å². The van der Waals surface area contributed by atoms with Gasteiger partial charge in [-0.1, -0.05) is 18.2 Å². The fourth-order valence-corrected chi connectivity index (χ4v) is 5.00. The van der Waals surface area contributed by atoms with Crippen molar-refractivity contribution in [2.24, 2.45) is 7.05 Å². The molecule has 3 aromatic carbocycles. The van der Waals surface area contributed by atoms with Crippen LogP contribution in [0.1, 0.15) is 5.56 Å². The van der Waals surface area contributed by atoms with Crippen LogP contribution in [0.2, 0.25) is 0 Å². The maximum Gasteiger partial charge on any atom is 0.409 e. The first-order valence-corrected chi connectivity index (χ1v) is 14.1. The molecule has 0 spiro atoms. The van der Waals surface area contributed by atoms with Crippen LogP contribution in [0.3, 0.4) is 0 Å². The van der Waals surface area contributed by atoms with Crippen LogP contribution in [0.5, 0.6) is 11.5 Å². The van der Waals surface area contributed by atoms with Gasteiger partial charge in [0.15, 0.2) is 9.84 Å². The van der Waals surface area contributed by atoms with Crippen molar-refractivity contribution in [3.63, 3.8) is 0 Å². The summed E-state index contributed by atoms with van der Waals surface area (Å²) in [6.07, 6.45) is 3.36. The molecule has 0 bridgehead atoms. The molecule has 10 nitrogen and oxygen atoms in total. The Bertz CT molecular complexity index is 1890. The topological polar surface area (TPSA) is 143 Å². The monoisotopic (exact) mass is 558 g/mol. The first kappa shape index (κ1) is 26.6. The van der Waals surface area contributed by atoms with E-state index in [1.54, 1.807) is 55.8 Å². The number of aromatic nitrogens is 2. The average Bonchev–Trinajstić information content (AvgIpc) is 3.40. The molecule has 0 aliphatic rings. The van der Waals surface area contributed by atoms with E-state index in [1.807, 2.05) is 30.3 Å². The molecule has 0 atom stereocenters. The Hall–Kier alpha value is -5.03. The summed E-state index contributed by atoms with van der Waals surface area (Å²) in [4.78, 5) is 26.5. The molecule has 4 N–H and O–H groups in total. The number of benzene rings is 3. The lowest BCUT2D eigenvalue weighted by molar-refractivity contribution is 0.209. The Balaban J connectivity index is 1.45. The summed E-state index contributed by atoms with van der Waals surface area (Å²) in [6, 6.07) is 20.8. The van der Waals surface area contributed by atoms with Crippen molar-refractivity contribution < 1.29 is 23.1 Å². The molecule has 204 valence electrons. The molecule has 0 unspecified atom stereocenters. The number of aryl methyl sites for hydroxylation is 1. The zero-order chi connectivity index (χ0) is 28.4. The molecule has 40 heavy (non-hydrogen) atoms. The van der Waals surface area contributed by atoms with Gasteiger partial charge in [0.25, 0.3) is 5.56 Å². The Morgan fingerprint density at radius 1 is 1.00 bits per heavy atom. The molecule has 5 rings (SSSR count). The smallest absolute Gasteiger partial charge is 0.409 e. The molecule has 0 saturated carbocycles. The number of sulfone groups is 1. The lowest BCUT2D eigenvalue weighted by Crippen LogP contribution is -2.16. The van der Waals surface area contributed by atoms with E-state index in [0.717, 1.165) is 17.5 Å². The van der Waals surface area contributed by atoms with Gasteiger partial charge in [0.2, 0.25) is 0 Å². The molecular formula is C29H26N4O6S. The lowest BCUT2D eigenvalue weighted by Gasteiger charge is -2.15. The zero-order valence-corrected chi connectivity index (χ0v) is 22.5. The SMILES string of the molecule is Cn1cc(-c2cc(S(C)(=O)=O)ccc2Oc2cccc(NCc3ccc(NC(=O)O)cc3)c2)c2cc[nH]c2c1=O. The van der Waals surface area contributed by atoms with E-state index in [1.165, 1.54) is 10.6 Å². The Morgan fingerprint density at radius 2 is 1.77 bits per heavy atom. The number of hydrogen-bond donors (Lipinski definition) is 4. The third kappa shape index (κ3) is 5.69. The lowest BCUT2D eigenvalue weighted by atomic mass is 10.0. The number of hydrogen-bond acceptors (Lipinski definition) is 6. The highest BCUT2D eigenvalue weighted by Crippen LogP contribution is 2.38. The van der Waals surface area contributed by atoms with E-state index in [4.69, 9.17) is 9.84 Å². The third-order valence-electron chi connectivity index (χ3n) is 6.33. The maximum absolute atomic E-state index is 12.6. The predicted molar refractivity (Wildman–Crippen MR) is 154 cm³/mol. The van der Waals surface area contributed by atoms with E-state index in [2.05, 4.69) is 15.6 Å². The molecule has 0 fully saturated rings. The Morgan fingerprint density at radius 3 is 2.50 bits per heavy atom. The van der Waals surface area contributed by atoms with Gasteiger partial charge >= 0.3 is 6.09 Å². The largest absolute Gasteiger partial charge is 0.465 e. The Labute approximate surface area is 229 Å². The third-order valence-corrected chi connectivity index (χ3v) is 7.44. The minimum atomic E-state index is -3.51. The summed E-state index contributed by atoms with van der Waals surface area (Å²) in [6.45, 7) is 0.495. The van der Waals surface area contributed by atoms with Gasteiger partial charge in [-0.2, -0.15) is 0 Å². The molecule has 0 saturated heterocycles. The number of pyridine rings is 1. The fourth-order valence-electron chi connectivity index (χ4n) is 4.35. The van der Waals surface area contributed by atoms with Crippen LogP contribution in [0, 0.1) is 0 Å². The van der Waals surface area contributed by atoms with Gasteiger partial charge in [-0.25, -0.2) is 13.2 Å². The maximum atomic E-state index is 12.6. The van der Waals surface area contributed by atoms with Crippen molar-refractivity contribution >= 4 is 38.2 Å². The number of ether oxygens (including phenoxy) is 1. The summed E-state index contributed by atoms with van der Waals surface area (Å²) in [5, 5.41) is 15.1. The van der Waals surface area contributed by atoms with Gasteiger partial charge in [0, 0.05) is 66.2 Å². The quantitative estimate of drug-likeness (QED) is 0.199. The molecule has 11 heteroatoms. The molecule has 0 radical (unpaired) electrons. The second kappa shape index (κ2) is 10.6. The van der Waals surface area contributed by atoms with E-state index < -0.39 is 15.9 Å². The number of H-pyrrole nitrogens is 1. The van der Waals surface area contributed by atoms with Crippen LogP contribution in [0.25, 0.3) is 22.0 Å². The zero-order valence-electron chi connectivity index (χ0n) is 21.6. The second-order valence-corrected chi connectivity index (χ2v) is 11.3. The number of aromatic amines is 1. The van der Waals surface area contributed by atoms with Crippen molar-refractivity contribution in [1.29, 1.82) is 0 Å². The van der Waals surface area contributed by atoms with Gasteiger partial charge < -0.3 is 24.7 Å². The molecule has 0 aliphatic carbocycles. The minimum Gasteiger partial charge on any atom is -0.465 e. The first-order chi connectivity index (χ1) is 19.1. The number of carboxylic acid groups (broad SMARTS) is 1. The summed E-state index contributed by atoms with van der Waals surface area (Å²) >= 11 is 0. The van der Waals surface area contributed by atoms with E-state index in [9.17, 15) is 18.0 Å². The van der Waals surface area contributed by atoms with Crippen LogP contribution in [-0.4, -0.2) is 35.4 Å². The predicted octanol–water partition coefficient (Wildman–Crippen LogP) is 5.43. The molecular weight excluding hydrogens is 532 g/mol. The molecule has 2 heterocycles. The van der Waals surface area contributed by atoms with Crippen LogP contribution in [0.4, 0.5) is 16.2 Å². The normalized spacial score (nSPS) is 11.3. The van der Waals surface area contributed by atoms with Gasteiger partial charge in [0.1, 0.15) is 17.0 Å². The van der Waals surface area contributed by atoms with Crippen LogP contribution in [0.15, 0.2) is 94.9 Å². The van der Waals surface area contributed by atoms with Gasteiger partial charge in [-0.3, -0.25) is 10.1 Å². The number of fused-ring (bicyclic) bond motifs is 1. The summed E-state index contributed by atoms with van der Waals surface area (Å²) in [5.41, 5.74) is 3.61. The summed E-state index contributed by atoms with van der Waals surface area (Å²) in [5.74, 6) is 0.946. The van der Waals surface area contributed by atoms with E-state index in [-0.39, 0.29) is 10.5 Å². The number of nitrogens with one attached hydrogen (secondary N) is 3.